The standard InChI is InChI=1S/C21H21N5/c1-2-3-7-16-10-12-17(13-11-16)24-20-15-22-21-19(25-20)14-23-26(21)18-8-5-4-6-9-18/h4-6,8-15H,2-3,7H2,1H3,(H,24,25). The fourth-order valence-corrected chi connectivity index (χ4v) is 2.92. The van der Waals surface area contributed by atoms with Crippen LogP contribution in [0.1, 0.15) is 25.3 Å². The van der Waals surface area contributed by atoms with Crippen LogP contribution in [0.3, 0.4) is 0 Å². The minimum Gasteiger partial charge on any atom is -0.339 e. The van der Waals surface area contributed by atoms with Crippen LogP contribution in [-0.2, 0) is 6.42 Å². The van der Waals surface area contributed by atoms with Crippen LogP contribution < -0.4 is 5.32 Å². The Balaban J connectivity index is 1.55. The Hall–Kier alpha value is -3.21. The molecule has 0 amide bonds. The molecule has 2 aromatic carbocycles. The summed E-state index contributed by atoms with van der Waals surface area (Å²) in [6.07, 6.45) is 7.05. The lowest BCUT2D eigenvalue weighted by molar-refractivity contribution is 0.795. The number of anilines is 2. The second kappa shape index (κ2) is 7.35. The molecule has 2 heterocycles. The van der Waals surface area contributed by atoms with E-state index in [4.69, 9.17) is 0 Å². The molecule has 0 unspecified atom stereocenters. The third-order valence-electron chi connectivity index (χ3n) is 4.32. The predicted molar refractivity (Wildman–Crippen MR) is 105 cm³/mol. The highest BCUT2D eigenvalue weighted by Gasteiger charge is 2.08. The zero-order chi connectivity index (χ0) is 17.8. The number of aromatic nitrogens is 4. The molecule has 0 aliphatic carbocycles. The first-order chi connectivity index (χ1) is 12.8. The largest absolute Gasteiger partial charge is 0.339 e. The summed E-state index contributed by atoms with van der Waals surface area (Å²) in [4.78, 5) is 9.18. The van der Waals surface area contributed by atoms with Gasteiger partial charge in [0.1, 0.15) is 11.3 Å². The first kappa shape index (κ1) is 16.3. The summed E-state index contributed by atoms with van der Waals surface area (Å²) in [6, 6.07) is 18.5. The molecule has 130 valence electrons. The molecule has 0 bridgehead atoms. The number of nitrogens with zero attached hydrogens (tertiary/aromatic N) is 4. The maximum absolute atomic E-state index is 4.63. The highest BCUT2D eigenvalue weighted by molar-refractivity contribution is 5.74. The number of unbranched alkanes of at least 4 members (excludes halogenated alkanes) is 1. The minimum absolute atomic E-state index is 0.714. The molecule has 5 nitrogen and oxygen atoms in total. The van der Waals surface area contributed by atoms with Gasteiger partial charge in [0.2, 0.25) is 0 Å². The van der Waals surface area contributed by atoms with Crippen LogP contribution in [0.4, 0.5) is 11.5 Å². The number of fused-ring (bicyclic) bond motifs is 1. The van der Waals surface area contributed by atoms with Crippen molar-refractivity contribution in [2.24, 2.45) is 0 Å². The quantitative estimate of drug-likeness (QED) is 0.541. The first-order valence-corrected chi connectivity index (χ1v) is 8.95. The van der Waals surface area contributed by atoms with Gasteiger partial charge in [0.25, 0.3) is 0 Å². The first-order valence-electron chi connectivity index (χ1n) is 8.95. The van der Waals surface area contributed by atoms with Crippen molar-refractivity contribution in [2.75, 3.05) is 5.32 Å². The predicted octanol–water partition coefficient (Wildman–Crippen LogP) is 4.90. The van der Waals surface area contributed by atoms with Crippen LogP contribution in [0.25, 0.3) is 16.9 Å². The van der Waals surface area contributed by atoms with E-state index in [0.29, 0.717) is 5.82 Å². The van der Waals surface area contributed by atoms with Gasteiger partial charge < -0.3 is 5.32 Å². The van der Waals surface area contributed by atoms with Crippen molar-refractivity contribution >= 4 is 22.7 Å². The molecular weight excluding hydrogens is 322 g/mol. The Morgan fingerprint density at radius 3 is 2.54 bits per heavy atom. The molecule has 26 heavy (non-hydrogen) atoms. The van der Waals surface area contributed by atoms with E-state index >= 15 is 0 Å². The Morgan fingerprint density at radius 2 is 1.77 bits per heavy atom. The van der Waals surface area contributed by atoms with Gasteiger partial charge in [0, 0.05) is 5.69 Å². The zero-order valence-electron chi connectivity index (χ0n) is 14.8. The highest BCUT2D eigenvalue weighted by Crippen LogP contribution is 2.19. The van der Waals surface area contributed by atoms with Gasteiger partial charge in [0.05, 0.1) is 18.1 Å². The lowest BCUT2D eigenvalue weighted by Gasteiger charge is -2.07. The second-order valence-electron chi connectivity index (χ2n) is 6.28. The molecule has 0 saturated carbocycles. The van der Waals surface area contributed by atoms with Crippen molar-refractivity contribution in [3.8, 4) is 5.69 Å². The van der Waals surface area contributed by atoms with E-state index in [9.17, 15) is 0 Å². The lowest BCUT2D eigenvalue weighted by atomic mass is 10.1. The molecule has 0 spiro atoms. The number of benzene rings is 2. The van der Waals surface area contributed by atoms with Crippen molar-refractivity contribution in [1.82, 2.24) is 19.7 Å². The molecule has 0 atom stereocenters. The average molecular weight is 343 g/mol. The molecule has 4 rings (SSSR count). The SMILES string of the molecule is CCCCc1ccc(Nc2cnc3c(cnn3-c3ccccc3)n2)cc1. The van der Waals surface area contributed by atoms with Crippen molar-refractivity contribution in [3.05, 3.63) is 72.6 Å². The van der Waals surface area contributed by atoms with Gasteiger partial charge in [-0.2, -0.15) is 5.10 Å². The number of rotatable bonds is 6. The molecule has 1 N–H and O–H groups in total. The fourth-order valence-electron chi connectivity index (χ4n) is 2.92. The third-order valence-corrected chi connectivity index (χ3v) is 4.32. The van der Waals surface area contributed by atoms with Crippen molar-refractivity contribution in [1.29, 1.82) is 0 Å². The summed E-state index contributed by atoms with van der Waals surface area (Å²) in [5.41, 5.74) is 4.85. The van der Waals surface area contributed by atoms with Gasteiger partial charge in [-0.25, -0.2) is 14.6 Å². The molecule has 0 fully saturated rings. The van der Waals surface area contributed by atoms with Crippen LogP contribution >= 0.6 is 0 Å². The second-order valence-corrected chi connectivity index (χ2v) is 6.28. The van der Waals surface area contributed by atoms with Gasteiger partial charge in [0.15, 0.2) is 5.65 Å². The van der Waals surface area contributed by atoms with Crippen LogP contribution in [-0.4, -0.2) is 19.7 Å². The van der Waals surface area contributed by atoms with Gasteiger partial charge in [-0.05, 0) is 42.7 Å². The maximum Gasteiger partial charge on any atom is 0.181 e. The Kier molecular flexibility index (Phi) is 4.60. The normalized spacial score (nSPS) is 11.0. The molecule has 2 aromatic heterocycles. The zero-order valence-corrected chi connectivity index (χ0v) is 14.8. The van der Waals surface area contributed by atoms with Crippen molar-refractivity contribution in [2.45, 2.75) is 26.2 Å². The van der Waals surface area contributed by atoms with E-state index in [-0.39, 0.29) is 0 Å². The van der Waals surface area contributed by atoms with Gasteiger partial charge in [-0.1, -0.05) is 43.7 Å². The molecular formula is C21H21N5. The summed E-state index contributed by atoms with van der Waals surface area (Å²) in [5.74, 6) is 0.714. The summed E-state index contributed by atoms with van der Waals surface area (Å²) in [5, 5.41) is 7.74. The van der Waals surface area contributed by atoms with E-state index in [0.717, 1.165) is 29.0 Å². The van der Waals surface area contributed by atoms with E-state index in [1.54, 1.807) is 17.1 Å². The highest BCUT2D eigenvalue weighted by atomic mass is 15.3. The Bertz CT molecular complexity index is 990. The van der Waals surface area contributed by atoms with Crippen molar-refractivity contribution in [3.63, 3.8) is 0 Å². The summed E-state index contributed by atoms with van der Waals surface area (Å²) in [6.45, 7) is 2.21. The van der Waals surface area contributed by atoms with E-state index in [1.807, 2.05) is 30.3 Å². The number of hydrogen-bond acceptors (Lipinski definition) is 4. The van der Waals surface area contributed by atoms with E-state index < -0.39 is 0 Å². The fraction of sp³-hybridized carbons (Fsp3) is 0.190. The van der Waals surface area contributed by atoms with Gasteiger partial charge in [-0.15, -0.1) is 0 Å². The lowest BCUT2D eigenvalue weighted by Crippen LogP contribution is -1.99. The van der Waals surface area contributed by atoms with Gasteiger partial charge in [-0.3, -0.25) is 0 Å². The number of para-hydroxylation sites is 1. The van der Waals surface area contributed by atoms with Crippen LogP contribution in [0, 0.1) is 0 Å². The van der Waals surface area contributed by atoms with Crippen LogP contribution in [0.2, 0.25) is 0 Å². The van der Waals surface area contributed by atoms with Crippen molar-refractivity contribution < 1.29 is 0 Å². The van der Waals surface area contributed by atoms with Crippen LogP contribution in [0.5, 0.6) is 0 Å². The smallest absolute Gasteiger partial charge is 0.181 e. The number of nitrogens with one attached hydrogen (secondary N) is 1. The van der Waals surface area contributed by atoms with Gasteiger partial charge >= 0.3 is 0 Å². The molecule has 0 aliphatic heterocycles. The third kappa shape index (κ3) is 3.42. The van der Waals surface area contributed by atoms with Crippen LogP contribution in [0.15, 0.2) is 67.0 Å². The molecule has 4 aromatic rings. The number of hydrogen-bond donors (Lipinski definition) is 1. The average Bonchev–Trinajstić information content (AvgIpc) is 3.11. The molecule has 5 heteroatoms. The molecule has 0 aliphatic rings. The number of aryl methyl sites for hydroxylation is 1. The molecule has 0 radical (unpaired) electrons. The summed E-state index contributed by atoms with van der Waals surface area (Å²) in [7, 11) is 0. The van der Waals surface area contributed by atoms with E-state index in [2.05, 4.69) is 51.6 Å². The monoisotopic (exact) mass is 343 g/mol. The minimum atomic E-state index is 0.714. The Labute approximate surface area is 152 Å². The Morgan fingerprint density at radius 1 is 0.962 bits per heavy atom. The maximum atomic E-state index is 4.63. The summed E-state index contributed by atoms with van der Waals surface area (Å²) >= 11 is 0. The topological polar surface area (TPSA) is 55.6 Å². The van der Waals surface area contributed by atoms with E-state index in [1.165, 1.54) is 18.4 Å². The summed E-state index contributed by atoms with van der Waals surface area (Å²) < 4.78 is 1.80. The molecule has 0 saturated heterocycles.